The Hall–Kier alpha value is -3.66. The second-order valence-corrected chi connectivity index (χ2v) is 7.92. The zero-order chi connectivity index (χ0) is 23.6. The topological polar surface area (TPSA) is 113 Å². The lowest BCUT2D eigenvalue weighted by Crippen LogP contribution is -2.28. The molecule has 10 heteroatoms. The molecule has 0 atom stereocenters. The lowest BCUT2D eigenvalue weighted by Gasteiger charge is -2.15. The Bertz CT molecular complexity index is 1290. The molecular formula is C22H22N2O7S. The van der Waals surface area contributed by atoms with Crippen molar-refractivity contribution in [2.75, 3.05) is 26.6 Å². The Morgan fingerprint density at radius 2 is 1.75 bits per heavy atom. The number of para-hydroxylation sites is 1. The SMILES string of the molecule is COC(=O)c1sc(NC(=O)Cn2c(=O)cc(C)c3cccc(OC)c32)c(C(=O)OC)c1C. The summed E-state index contributed by atoms with van der Waals surface area (Å²) in [4.78, 5) is 50.1. The highest BCUT2D eigenvalue weighted by Crippen LogP contribution is 2.34. The number of ether oxygens (including phenoxy) is 3. The number of benzene rings is 1. The second kappa shape index (κ2) is 9.23. The van der Waals surface area contributed by atoms with Gasteiger partial charge in [0.15, 0.2) is 0 Å². The Balaban J connectivity index is 2.04. The second-order valence-electron chi connectivity index (χ2n) is 6.90. The Morgan fingerprint density at radius 3 is 2.38 bits per heavy atom. The van der Waals surface area contributed by atoms with Gasteiger partial charge in [-0.3, -0.25) is 14.2 Å². The summed E-state index contributed by atoms with van der Waals surface area (Å²) >= 11 is 0.900. The lowest BCUT2D eigenvalue weighted by molar-refractivity contribution is -0.116. The van der Waals surface area contributed by atoms with Gasteiger partial charge in [-0.1, -0.05) is 12.1 Å². The molecule has 0 aliphatic carbocycles. The molecule has 1 N–H and O–H groups in total. The number of aromatic nitrogens is 1. The van der Waals surface area contributed by atoms with Crippen LogP contribution in [0, 0.1) is 13.8 Å². The number of amides is 1. The first-order valence-corrected chi connectivity index (χ1v) is 10.3. The standard InChI is InChI=1S/C22H22N2O7S/c1-11-9-16(26)24(18-13(11)7-6-8-14(18)29-3)10-15(25)23-20-17(21(27)30-4)12(2)19(32-20)22(28)31-5/h6-9H,10H2,1-5H3,(H,23,25). The van der Waals surface area contributed by atoms with Gasteiger partial charge in [-0.15, -0.1) is 11.3 Å². The van der Waals surface area contributed by atoms with Crippen molar-refractivity contribution in [2.24, 2.45) is 0 Å². The van der Waals surface area contributed by atoms with Gasteiger partial charge in [0.2, 0.25) is 5.91 Å². The third-order valence-corrected chi connectivity index (χ3v) is 6.17. The van der Waals surface area contributed by atoms with Crippen LogP contribution in [0.25, 0.3) is 10.9 Å². The van der Waals surface area contributed by atoms with E-state index < -0.39 is 17.8 Å². The van der Waals surface area contributed by atoms with Gasteiger partial charge in [0, 0.05) is 11.5 Å². The number of rotatable bonds is 6. The highest BCUT2D eigenvalue weighted by atomic mass is 32.1. The van der Waals surface area contributed by atoms with Crippen LogP contribution in [0.3, 0.4) is 0 Å². The number of aryl methyl sites for hydroxylation is 1. The number of carbonyl (C=O) groups excluding carboxylic acids is 3. The first-order chi connectivity index (χ1) is 15.2. The van der Waals surface area contributed by atoms with E-state index in [-0.39, 0.29) is 27.5 Å². The quantitative estimate of drug-likeness (QED) is 0.565. The van der Waals surface area contributed by atoms with Gasteiger partial charge in [0.1, 0.15) is 22.2 Å². The Morgan fingerprint density at radius 1 is 1.06 bits per heavy atom. The van der Waals surface area contributed by atoms with Gasteiger partial charge < -0.3 is 19.5 Å². The van der Waals surface area contributed by atoms with Gasteiger partial charge in [-0.05, 0) is 31.0 Å². The number of methoxy groups -OCH3 is 3. The zero-order valence-electron chi connectivity index (χ0n) is 18.2. The van der Waals surface area contributed by atoms with Crippen LogP contribution in [0.2, 0.25) is 0 Å². The van der Waals surface area contributed by atoms with E-state index in [1.807, 2.05) is 6.07 Å². The minimum atomic E-state index is -0.705. The number of hydrogen-bond acceptors (Lipinski definition) is 8. The summed E-state index contributed by atoms with van der Waals surface area (Å²) in [6, 6.07) is 6.78. The van der Waals surface area contributed by atoms with E-state index in [0.717, 1.165) is 22.3 Å². The number of hydrogen-bond donors (Lipinski definition) is 1. The molecule has 1 amide bonds. The first kappa shape index (κ1) is 23.0. The smallest absolute Gasteiger partial charge is 0.348 e. The van der Waals surface area contributed by atoms with Crippen LogP contribution < -0.4 is 15.6 Å². The molecule has 168 valence electrons. The summed E-state index contributed by atoms with van der Waals surface area (Å²) in [5.74, 6) is -1.45. The fourth-order valence-corrected chi connectivity index (χ4v) is 4.57. The van der Waals surface area contributed by atoms with Crippen molar-refractivity contribution >= 4 is 45.1 Å². The Kier molecular flexibility index (Phi) is 6.64. The van der Waals surface area contributed by atoms with Crippen molar-refractivity contribution < 1.29 is 28.6 Å². The normalized spacial score (nSPS) is 10.7. The van der Waals surface area contributed by atoms with Gasteiger partial charge in [-0.2, -0.15) is 0 Å². The number of carbonyl (C=O) groups is 3. The summed E-state index contributed by atoms with van der Waals surface area (Å²) in [5, 5.41) is 3.53. The highest BCUT2D eigenvalue weighted by molar-refractivity contribution is 7.18. The number of thiophene rings is 1. The number of pyridine rings is 1. The summed E-state index contributed by atoms with van der Waals surface area (Å²) in [6.07, 6.45) is 0. The molecule has 0 aliphatic heterocycles. The van der Waals surface area contributed by atoms with Crippen LogP contribution in [-0.4, -0.2) is 43.7 Å². The number of anilines is 1. The predicted molar refractivity (Wildman–Crippen MR) is 120 cm³/mol. The monoisotopic (exact) mass is 458 g/mol. The molecule has 3 aromatic rings. The molecule has 32 heavy (non-hydrogen) atoms. The van der Waals surface area contributed by atoms with Crippen molar-refractivity contribution in [1.82, 2.24) is 4.57 Å². The van der Waals surface area contributed by atoms with E-state index >= 15 is 0 Å². The van der Waals surface area contributed by atoms with Gasteiger partial charge >= 0.3 is 11.9 Å². The molecule has 0 spiro atoms. The largest absolute Gasteiger partial charge is 0.495 e. The third kappa shape index (κ3) is 4.09. The minimum Gasteiger partial charge on any atom is -0.495 e. The van der Waals surface area contributed by atoms with E-state index in [0.29, 0.717) is 16.8 Å². The molecular weight excluding hydrogens is 436 g/mol. The van der Waals surface area contributed by atoms with Crippen LogP contribution >= 0.6 is 11.3 Å². The molecule has 0 fully saturated rings. The summed E-state index contributed by atoms with van der Waals surface area (Å²) in [6.45, 7) is 3.04. The van der Waals surface area contributed by atoms with E-state index in [4.69, 9.17) is 14.2 Å². The van der Waals surface area contributed by atoms with Crippen LogP contribution in [0.15, 0.2) is 29.1 Å². The molecule has 0 bridgehead atoms. The molecule has 1 aromatic carbocycles. The molecule has 2 heterocycles. The van der Waals surface area contributed by atoms with E-state index in [1.165, 1.54) is 32.0 Å². The fourth-order valence-electron chi connectivity index (χ4n) is 3.44. The summed E-state index contributed by atoms with van der Waals surface area (Å²) in [5.41, 5.74) is 1.26. The molecule has 0 unspecified atom stereocenters. The van der Waals surface area contributed by atoms with E-state index in [2.05, 4.69) is 5.32 Å². The van der Waals surface area contributed by atoms with Crippen molar-refractivity contribution in [3.05, 3.63) is 56.2 Å². The fraction of sp³-hybridized carbons (Fsp3) is 0.273. The number of fused-ring (bicyclic) bond motifs is 1. The van der Waals surface area contributed by atoms with E-state index in [1.54, 1.807) is 26.0 Å². The van der Waals surface area contributed by atoms with Crippen LogP contribution in [0.5, 0.6) is 5.75 Å². The summed E-state index contributed by atoms with van der Waals surface area (Å²) < 4.78 is 16.2. The van der Waals surface area contributed by atoms with Crippen molar-refractivity contribution in [1.29, 1.82) is 0 Å². The molecule has 0 radical (unpaired) electrons. The van der Waals surface area contributed by atoms with Crippen molar-refractivity contribution in [3.8, 4) is 5.75 Å². The zero-order valence-corrected chi connectivity index (χ0v) is 19.0. The van der Waals surface area contributed by atoms with Gasteiger partial charge in [0.05, 0.1) is 32.4 Å². The first-order valence-electron chi connectivity index (χ1n) is 9.50. The van der Waals surface area contributed by atoms with Gasteiger partial charge in [-0.25, -0.2) is 9.59 Å². The number of esters is 2. The highest BCUT2D eigenvalue weighted by Gasteiger charge is 2.27. The van der Waals surface area contributed by atoms with Crippen molar-refractivity contribution in [3.63, 3.8) is 0 Å². The average Bonchev–Trinajstić information content (AvgIpc) is 3.10. The maximum atomic E-state index is 12.9. The van der Waals surface area contributed by atoms with Gasteiger partial charge in [0.25, 0.3) is 5.56 Å². The maximum absolute atomic E-state index is 12.9. The maximum Gasteiger partial charge on any atom is 0.348 e. The average molecular weight is 458 g/mol. The van der Waals surface area contributed by atoms with Crippen LogP contribution in [-0.2, 0) is 20.8 Å². The molecule has 9 nitrogen and oxygen atoms in total. The lowest BCUT2D eigenvalue weighted by atomic mass is 10.1. The van der Waals surface area contributed by atoms with Crippen LogP contribution in [0.4, 0.5) is 5.00 Å². The molecule has 2 aromatic heterocycles. The minimum absolute atomic E-state index is 0.0601. The molecule has 0 saturated heterocycles. The predicted octanol–water partition coefficient (Wildman–Crippen LogP) is 2.90. The van der Waals surface area contributed by atoms with Crippen LogP contribution in [0.1, 0.15) is 31.2 Å². The summed E-state index contributed by atoms with van der Waals surface area (Å²) in [7, 11) is 3.91. The molecule has 3 rings (SSSR count). The third-order valence-electron chi connectivity index (χ3n) is 4.98. The Labute approximate surface area is 187 Å². The molecule has 0 aliphatic rings. The number of nitrogens with zero attached hydrogens (tertiary/aromatic N) is 1. The molecule has 0 saturated carbocycles. The number of nitrogens with one attached hydrogen (secondary N) is 1. The van der Waals surface area contributed by atoms with E-state index in [9.17, 15) is 19.2 Å². The van der Waals surface area contributed by atoms with Crippen molar-refractivity contribution in [2.45, 2.75) is 20.4 Å².